The number of hydrogen-bond donors (Lipinski definition) is 1. The highest BCUT2D eigenvalue weighted by molar-refractivity contribution is 6.36. The van der Waals surface area contributed by atoms with Gasteiger partial charge >= 0.3 is 0 Å². The van der Waals surface area contributed by atoms with Crippen LogP contribution in [0.3, 0.4) is 0 Å². The first-order chi connectivity index (χ1) is 4.61. The van der Waals surface area contributed by atoms with Crippen LogP contribution in [-0.2, 0) is 0 Å². The van der Waals surface area contributed by atoms with Crippen molar-refractivity contribution >= 4 is 23.2 Å². The minimum absolute atomic E-state index is 0.0978. The van der Waals surface area contributed by atoms with Crippen molar-refractivity contribution in [1.29, 1.82) is 0 Å². The summed E-state index contributed by atoms with van der Waals surface area (Å²) in [6, 6.07) is 2.92. The van der Waals surface area contributed by atoms with Crippen LogP contribution < -0.4 is 0 Å². The van der Waals surface area contributed by atoms with Crippen LogP contribution >= 0.6 is 23.2 Å². The first-order valence-electron chi connectivity index (χ1n) is 2.76. The van der Waals surface area contributed by atoms with Crippen LogP contribution in [0.1, 0.15) is 5.56 Å². The minimum Gasteiger partial charge on any atom is -0.508 e. The topological polar surface area (TPSA) is 20.2 Å². The zero-order chi connectivity index (χ0) is 7.72. The monoisotopic (exact) mass is 176 g/mol. The molecule has 0 unspecified atom stereocenters. The summed E-state index contributed by atoms with van der Waals surface area (Å²) in [7, 11) is 0. The zero-order valence-corrected chi connectivity index (χ0v) is 6.87. The van der Waals surface area contributed by atoms with E-state index in [2.05, 4.69) is 0 Å². The van der Waals surface area contributed by atoms with Gasteiger partial charge in [0.1, 0.15) is 5.75 Å². The molecule has 0 saturated carbocycles. The summed E-state index contributed by atoms with van der Waals surface area (Å²) in [6.45, 7) is 1.80. The number of phenolic OH excluding ortho intramolecular Hbond substituents is 1. The Hall–Kier alpha value is -0.400. The van der Waals surface area contributed by atoms with E-state index in [1.54, 1.807) is 6.92 Å². The summed E-state index contributed by atoms with van der Waals surface area (Å²) in [6.07, 6.45) is 0. The molecular weight excluding hydrogens is 171 g/mol. The van der Waals surface area contributed by atoms with Gasteiger partial charge in [0.25, 0.3) is 0 Å². The largest absolute Gasteiger partial charge is 0.508 e. The predicted molar refractivity (Wildman–Crippen MR) is 42.9 cm³/mol. The Morgan fingerprint density at radius 1 is 1.20 bits per heavy atom. The lowest BCUT2D eigenvalue weighted by Crippen LogP contribution is -1.76. The Bertz CT molecular complexity index is 235. The smallest absolute Gasteiger partial charge is 0.118 e. The van der Waals surface area contributed by atoms with E-state index in [9.17, 15) is 0 Å². The quantitative estimate of drug-likeness (QED) is 0.645. The molecule has 0 aromatic heterocycles. The Kier molecular flexibility index (Phi) is 2.07. The van der Waals surface area contributed by atoms with Crippen molar-refractivity contribution in [3.63, 3.8) is 0 Å². The molecule has 0 bridgehead atoms. The second-order valence-corrected chi connectivity index (χ2v) is 2.85. The van der Waals surface area contributed by atoms with E-state index >= 15 is 0 Å². The molecule has 1 N–H and O–H groups in total. The molecule has 10 heavy (non-hydrogen) atoms. The van der Waals surface area contributed by atoms with E-state index in [-0.39, 0.29) is 5.75 Å². The fraction of sp³-hybridized carbons (Fsp3) is 0.143. The minimum atomic E-state index is 0.0978. The molecule has 1 rings (SSSR count). The molecule has 54 valence electrons. The molecule has 0 atom stereocenters. The fourth-order valence-electron chi connectivity index (χ4n) is 0.632. The van der Waals surface area contributed by atoms with Crippen LogP contribution in [0, 0.1) is 6.92 Å². The van der Waals surface area contributed by atoms with Gasteiger partial charge in [-0.1, -0.05) is 23.2 Å². The van der Waals surface area contributed by atoms with Crippen molar-refractivity contribution in [2.75, 3.05) is 0 Å². The van der Waals surface area contributed by atoms with E-state index in [4.69, 9.17) is 28.3 Å². The van der Waals surface area contributed by atoms with Crippen LogP contribution in [0.2, 0.25) is 10.0 Å². The lowest BCUT2D eigenvalue weighted by Gasteiger charge is -2.00. The third kappa shape index (κ3) is 1.36. The normalized spacial score (nSPS) is 9.90. The molecule has 0 amide bonds. The average molecular weight is 177 g/mol. The second kappa shape index (κ2) is 2.69. The van der Waals surface area contributed by atoms with Gasteiger partial charge in [-0.15, -0.1) is 0 Å². The number of benzene rings is 1. The van der Waals surface area contributed by atoms with Gasteiger partial charge in [-0.3, -0.25) is 0 Å². The SMILES string of the molecule is Cc1c(Cl)cc(O)cc1Cl. The molecule has 0 heterocycles. The van der Waals surface area contributed by atoms with Gasteiger partial charge in [-0.2, -0.15) is 0 Å². The summed E-state index contributed by atoms with van der Waals surface area (Å²) in [5.41, 5.74) is 0.793. The van der Waals surface area contributed by atoms with Gasteiger partial charge in [-0.05, 0) is 24.6 Å². The molecular formula is C7H6Cl2O. The highest BCUT2D eigenvalue weighted by atomic mass is 35.5. The van der Waals surface area contributed by atoms with Crippen LogP contribution in [0.15, 0.2) is 12.1 Å². The number of rotatable bonds is 0. The Balaban J connectivity index is 3.31. The van der Waals surface area contributed by atoms with E-state index in [1.165, 1.54) is 12.1 Å². The Morgan fingerprint density at radius 2 is 1.60 bits per heavy atom. The van der Waals surface area contributed by atoms with Crippen molar-refractivity contribution < 1.29 is 5.11 Å². The maximum Gasteiger partial charge on any atom is 0.118 e. The molecule has 1 aromatic carbocycles. The molecule has 0 aliphatic carbocycles. The number of hydrogen-bond acceptors (Lipinski definition) is 1. The molecule has 0 spiro atoms. The van der Waals surface area contributed by atoms with E-state index < -0.39 is 0 Å². The first kappa shape index (κ1) is 7.70. The van der Waals surface area contributed by atoms with Crippen LogP contribution in [0.5, 0.6) is 5.75 Å². The molecule has 0 aliphatic heterocycles. The summed E-state index contributed by atoms with van der Waals surface area (Å²) in [5.74, 6) is 0.0978. The molecule has 0 saturated heterocycles. The predicted octanol–water partition coefficient (Wildman–Crippen LogP) is 3.01. The summed E-state index contributed by atoms with van der Waals surface area (Å²) >= 11 is 11.3. The lowest BCUT2D eigenvalue weighted by molar-refractivity contribution is 0.475. The summed E-state index contributed by atoms with van der Waals surface area (Å²) < 4.78 is 0. The third-order valence-electron chi connectivity index (χ3n) is 1.27. The van der Waals surface area contributed by atoms with Gasteiger partial charge in [0.2, 0.25) is 0 Å². The highest BCUT2D eigenvalue weighted by Crippen LogP contribution is 2.28. The number of halogens is 2. The maximum absolute atomic E-state index is 8.95. The Morgan fingerprint density at radius 3 is 2.00 bits per heavy atom. The van der Waals surface area contributed by atoms with Crippen molar-refractivity contribution in [1.82, 2.24) is 0 Å². The van der Waals surface area contributed by atoms with E-state index in [1.807, 2.05) is 0 Å². The van der Waals surface area contributed by atoms with Gasteiger partial charge < -0.3 is 5.11 Å². The van der Waals surface area contributed by atoms with Gasteiger partial charge in [0.15, 0.2) is 0 Å². The highest BCUT2D eigenvalue weighted by Gasteiger charge is 2.01. The number of aromatic hydroxyl groups is 1. The standard InChI is InChI=1S/C7H6Cl2O/c1-4-6(8)2-5(10)3-7(4)9/h2-3,10H,1H3. The first-order valence-corrected chi connectivity index (χ1v) is 3.51. The third-order valence-corrected chi connectivity index (χ3v) is 2.05. The zero-order valence-electron chi connectivity index (χ0n) is 5.36. The van der Waals surface area contributed by atoms with Crippen LogP contribution in [-0.4, -0.2) is 5.11 Å². The van der Waals surface area contributed by atoms with Gasteiger partial charge in [0, 0.05) is 10.0 Å². The van der Waals surface area contributed by atoms with Crippen LogP contribution in [0.25, 0.3) is 0 Å². The van der Waals surface area contributed by atoms with Gasteiger partial charge in [-0.25, -0.2) is 0 Å². The Labute approximate surface area is 69.2 Å². The molecule has 3 heteroatoms. The second-order valence-electron chi connectivity index (χ2n) is 2.03. The molecule has 1 nitrogen and oxygen atoms in total. The molecule has 0 aliphatic rings. The maximum atomic E-state index is 8.95. The average Bonchev–Trinajstić information content (AvgIpc) is 1.82. The van der Waals surface area contributed by atoms with Gasteiger partial charge in [0.05, 0.1) is 0 Å². The van der Waals surface area contributed by atoms with Crippen molar-refractivity contribution in [2.45, 2.75) is 6.92 Å². The summed E-state index contributed by atoms with van der Waals surface area (Å²) in [5, 5.41) is 9.93. The van der Waals surface area contributed by atoms with Crippen molar-refractivity contribution in [3.05, 3.63) is 27.7 Å². The van der Waals surface area contributed by atoms with Crippen LogP contribution in [0.4, 0.5) is 0 Å². The fourth-order valence-corrected chi connectivity index (χ4v) is 1.11. The summed E-state index contributed by atoms with van der Waals surface area (Å²) in [4.78, 5) is 0. The van der Waals surface area contributed by atoms with Crippen molar-refractivity contribution in [2.24, 2.45) is 0 Å². The van der Waals surface area contributed by atoms with E-state index in [0.717, 1.165) is 5.56 Å². The molecule has 1 aromatic rings. The number of phenols is 1. The molecule has 0 fully saturated rings. The van der Waals surface area contributed by atoms with Crippen molar-refractivity contribution in [3.8, 4) is 5.75 Å². The molecule has 0 radical (unpaired) electrons. The lowest BCUT2D eigenvalue weighted by atomic mass is 10.2. The van der Waals surface area contributed by atoms with E-state index in [0.29, 0.717) is 10.0 Å².